The molecule has 82 valence electrons. The molecule has 0 heterocycles. The molecule has 3 heteroatoms. The Morgan fingerprint density at radius 1 is 1.47 bits per heavy atom. The molecule has 0 saturated heterocycles. The molecule has 1 saturated carbocycles. The number of nitrogens with two attached hydrogens (primary N) is 1. The molecule has 2 nitrogen and oxygen atoms in total. The fraction of sp³-hybridized carbons (Fsp3) is 0.500. The first kappa shape index (κ1) is 10.4. The van der Waals surface area contributed by atoms with Gasteiger partial charge in [-0.15, -0.1) is 0 Å². The van der Waals surface area contributed by atoms with Crippen molar-refractivity contribution in [3.8, 4) is 0 Å². The third-order valence-corrected chi connectivity index (χ3v) is 3.05. The van der Waals surface area contributed by atoms with E-state index in [0.29, 0.717) is 23.2 Å². The molecule has 2 rings (SSSR count). The van der Waals surface area contributed by atoms with Gasteiger partial charge in [-0.1, -0.05) is 13.0 Å². The van der Waals surface area contributed by atoms with Crippen molar-refractivity contribution < 1.29 is 4.39 Å². The predicted molar refractivity (Wildman–Crippen MR) is 59.9 cm³/mol. The Morgan fingerprint density at radius 2 is 2.20 bits per heavy atom. The van der Waals surface area contributed by atoms with E-state index >= 15 is 0 Å². The lowest BCUT2D eigenvalue weighted by Crippen LogP contribution is -2.22. The Hall–Kier alpha value is -1.09. The van der Waals surface area contributed by atoms with Gasteiger partial charge in [-0.05, 0) is 30.4 Å². The summed E-state index contributed by atoms with van der Waals surface area (Å²) >= 11 is 0. The lowest BCUT2D eigenvalue weighted by atomic mass is 10.1. The quantitative estimate of drug-likeness (QED) is 0.745. The van der Waals surface area contributed by atoms with Gasteiger partial charge in [-0.2, -0.15) is 0 Å². The maximum absolute atomic E-state index is 13.4. The molecule has 15 heavy (non-hydrogen) atoms. The molecule has 1 fully saturated rings. The van der Waals surface area contributed by atoms with Crippen LogP contribution in [0.4, 0.5) is 10.1 Å². The van der Waals surface area contributed by atoms with Crippen molar-refractivity contribution in [3.05, 3.63) is 29.6 Å². The average molecular weight is 208 g/mol. The van der Waals surface area contributed by atoms with Crippen molar-refractivity contribution in [2.75, 3.05) is 12.3 Å². The zero-order chi connectivity index (χ0) is 10.9. The second-order valence-corrected chi connectivity index (χ2v) is 4.77. The molecule has 0 amide bonds. The van der Waals surface area contributed by atoms with Crippen molar-refractivity contribution in [3.63, 3.8) is 0 Å². The number of nitrogens with one attached hydrogen (secondary N) is 1. The van der Waals surface area contributed by atoms with E-state index in [1.54, 1.807) is 12.1 Å². The summed E-state index contributed by atoms with van der Waals surface area (Å²) in [6.07, 6.45) is 2.56. The van der Waals surface area contributed by atoms with Crippen molar-refractivity contribution in [2.24, 2.45) is 5.41 Å². The van der Waals surface area contributed by atoms with Gasteiger partial charge in [0.2, 0.25) is 0 Å². The molecular weight excluding hydrogens is 191 g/mol. The first-order chi connectivity index (χ1) is 7.09. The number of nitrogen functional groups attached to an aromatic ring is 1. The van der Waals surface area contributed by atoms with Crippen LogP contribution in [0.2, 0.25) is 0 Å². The van der Waals surface area contributed by atoms with Crippen molar-refractivity contribution in [1.29, 1.82) is 0 Å². The number of hydrogen-bond donors (Lipinski definition) is 2. The number of rotatable bonds is 4. The Bertz CT molecular complexity index is 359. The summed E-state index contributed by atoms with van der Waals surface area (Å²) in [4.78, 5) is 0. The molecule has 1 aromatic carbocycles. The molecule has 3 N–H and O–H groups in total. The van der Waals surface area contributed by atoms with Gasteiger partial charge in [0.25, 0.3) is 0 Å². The highest BCUT2D eigenvalue weighted by atomic mass is 19.1. The smallest absolute Gasteiger partial charge is 0.129 e. The van der Waals surface area contributed by atoms with Gasteiger partial charge in [0.15, 0.2) is 0 Å². The minimum Gasteiger partial charge on any atom is -0.399 e. The van der Waals surface area contributed by atoms with Gasteiger partial charge in [0, 0.05) is 24.3 Å². The van der Waals surface area contributed by atoms with E-state index in [4.69, 9.17) is 5.73 Å². The van der Waals surface area contributed by atoms with Crippen LogP contribution in [-0.2, 0) is 6.54 Å². The number of anilines is 1. The first-order valence-corrected chi connectivity index (χ1v) is 5.34. The highest BCUT2D eigenvalue weighted by Crippen LogP contribution is 2.44. The van der Waals surface area contributed by atoms with E-state index in [-0.39, 0.29) is 5.82 Å². The standard InChI is InChI=1S/C12H17FN2/c1-12(4-5-12)8-15-7-9-2-3-10(14)6-11(9)13/h2-3,6,15H,4-5,7-8,14H2,1H3. The van der Waals surface area contributed by atoms with Gasteiger partial charge in [0.1, 0.15) is 5.82 Å². The summed E-state index contributed by atoms with van der Waals surface area (Å²) in [5, 5.41) is 3.28. The Morgan fingerprint density at radius 3 is 2.80 bits per heavy atom. The molecule has 0 radical (unpaired) electrons. The minimum absolute atomic E-state index is 0.219. The van der Waals surface area contributed by atoms with Crippen molar-refractivity contribution in [2.45, 2.75) is 26.3 Å². The molecule has 1 aliphatic rings. The van der Waals surface area contributed by atoms with Crippen molar-refractivity contribution >= 4 is 5.69 Å². The maximum atomic E-state index is 13.4. The van der Waals surface area contributed by atoms with Gasteiger partial charge >= 0.3 is 0 Å². The van der Waals surface area contributed by atoms with Crippen molar-refractivity contribution in [1.82, 2.24) is 5.32 Å². The van der Waals surface area contributed by atoms with Crippen LogP contribution < -0.4 is 11.1 Å². The van der Waals surface area contributed by atoms with Crippen LogP contribution in [0.15, 0.2) is 18.2 Å². The first-order valence-electron chi connectivity index (χ1n) is 5.34. The summed E-state index contributed by atoms with van der Waals surface area (Å²) in [5.41, 5.74) is 7.10. The third-order valence-electron chi connectivity index (χ3n) is 3.05. The monoisotopic (exact) mass is 208 g/mol. The van der Waals surface area contributed by atoms with Crippen LogP contribution in [0.5, 0.6) is 0 Å². The summed E-state index contributed by atoms with van der Waals surface area (Å²) in [6.45, 7) is 3.80. The lowest BCUT2D eigenvalue weighted by Gasteiger charge is -2.10. The van der Waals surface area contributed by atoms with E-state index in [2.05, 4.69) is 12.2 Å². The van der Waals surface area contributed by atoms with E-state index in [0.717, 1.165) is 6.54 Å². The van der Waals surface area contributed by atoms with Crippen LogP contribution in [0, 0.1) is 11.2 Å². The molecular formula is C12H17FN2. The Balaban J connectivity index is 1.87. The summed E-state index contributed by atoms with van der Waals surface area (Å²) in [7, 11) is 0. The number of halogens is 1. The maximum Gasteiger partial charge on any atom is 0.129 e. The van der Waals surface area contributed by atoms with Crippen LogP contribution in [0.25, 0.3) is 0 Å². The van der Waals surface area contributed by atoms with E-state index in [1.807, 2.05) is 0 Å². The van der Waals surface area contributed by atoms with Crippen LogP contribution in [0.3, 0.4) is 0 Å². The minimum atomic E-state index is -0.219. The third kappa shape index (κ3) is 2.69. The van der Waals surface area contributed by atoms with Gasteiger partial charge < -0.3 is 11.1 Å². The van der Waals surface area contributed by atoms with E-state index in [9.17, 15) is 4.39 Å². The topological polar surface area (TPSA) is 38.0 Å². The van der Waals surface area contributed by atoms with Gasteiger partial charge in [-0.25, -0.2) is 4.39 Å². The molecule has 0 aliphatic heterocycles. The van der Waals surface area contributed by atoms with E-state index in [1.165, 1.54) is 18.9 Å². The molecule has 1 aliphatic carbocycles. The average Bonchev–Trinajstić information content (AvgIpc) is 2.88. The molecule has 0 spiro atoms. The van der Waals surface area contributed by atoms with Gasteiger partial charge in [-0.3, -0.25) is 0 Å². The molecule has 0 atom stereocenters. The number of hydrogen-bond acceptors (Lipinski definition) is 2. The zero-order valence-electron chi connectivity index (χ0n) is 9.02. The van der Waals surface area contributed by atoms with Gasteiger partial charge in [0.05, 0.1) is 0 Å². The molecule has 1 aromatic rings. The Labute approximate surface area is 89.7 Å². The van der Waals surface area contributed by atoms with Crippen LogP contribution >= 0.6 is 0 Å². The molecule has 0 aromatic heterocycles. The van der Waals surface area contributed by atoms with E-state index < -0.39 is 0 Å². The molecule has 0 unspecified atom stereocenters. The second-order valence-electron chi connectivity index (χ2n) is 4.77. The Kier molecular flexibility index (Phi) is 2.65. The second kappa shape index (κ2) is 3.81. The lowest BCUT2D eigenvalue weighted by molar-refractivity contribution is 0.491. The summed E-state index contributed by atoms with van der Waals surface area (Å²) < 4.78 is 13.4. The predicted octanol–water partition coefficient (Wildman–Crippen LogP) is 2.30. The zero-order valence-corrected chi connectivity index (χ0v) is 9.02. The highest BCUT2D eigenvalue weighted by molar-refractivity contribution is 5.40. The normalized spacial score (nSPS) is 17.7. The fourth-order valence-corrected chi connectivity index (χ4v) is 1.60. The number of benzene rings is 1. The summed E-state index contributed by atoms with van der Waals surface area (Å²) in [6, 6.07) is 4.85. The molecule has 0 bridgehead atoms. The summed E-state index contributed by atoms with van der Waals surface area (Å²) in [5.74, 6) is -0.219. The van der Waals surface area contributed by atoms with Crippen LogP contribution in [-0.4, -0.2) is 6.54 Å². The largest absolute Gasteiger partial charge is 0.399 e. The highest BCUT2D eigenvalue weighted by Gasteiger charge is 2.36. The van der Waals surface area contributed by atoms with Crippen LogP contribution in [0.1, 0.15) is 25.3 Å². The fourth-order valence-electron chi connectivity index (χ4n) is 1.60. The SMILES string of the molecule is CC1(CNCc2ccc(N)cc2F)CC1.